The van der Waals surface area contributed by atoms with Gasteiger partial charge in [-0.2, -0.15) is 0 Å². The molecule has 0 saturated heterocycles. The van der Waals surface area contributed by atoms with Gasteiger partial charge in [0.1, 0.15) is 12.4 Å². The third kappa shape index (κ3) is 5.45. The van der Waals surface area contributed by atoms with E-state index in [0.717, 1.165) is 16.0 Å². The zero-order valence-corrected chi connectivity index (χ0v) is 20.5. The summed E-state index contributed by atoms with van der Waals surface area (Å²) in [5, 5.41) is 11.6. The van der Waals surface area contributed by atoms with Crippen molar-refractivity contribution in [2.45, 2.75) is 50.1 Å². The number of rotatable bonds is 7. The van der Waals surface area contributed by atoms with Crippen LogP contribution in [-0.2, 0) is 16.8 Å². The lowest BCUT2D eigenvalue weighted by molar-refractivity contribution is -0.115. The number of nitrogens with two attached hydrogens (primary N) is 1. The lowest BCUT2D eigenvalue weighted by Gasteiger charge is -2.19. The number of thioether (sulfide) groups is 1. The number of para-hydroxylation sites is 1. The summed E-state index contributed by atoms with van der Waals surface area (Å²) in [5.74, 6) is 7.16. The first-order valence-electron chi connectivity index (χ1n) is 10.5. The van der Waals surface area contributed by atoms with Crippen LogP contribution in [0.25, 0.3) is 10.2 Å². The molecule has 0 aliphatic heterocycles. The van der Waals surface area contributed by atoms with Gasteiger partial charge < -0.3 is 15.9 Å². The maximum atomic E-state index is 12.6. The molecule has 0 aliphatic carbocycles. The predicted octanol–water partition coefficient (Wildman–Crippen LogP) is 4.60. The van der Waals surface area contributed by atoms with Crippen molar-refractivity contribution in [3.05, 3.63) is 59.9 Å². The first-order valence-corrected chi connectivity index (χ1v) is 12.2. The van der Waals surface area contributed by atoms with Gasteiger partial charge in [-0.3, -0.25) is 4.79 Å². The maximum Gasteiger partial charge on any atom is 0.239 e. The second kappa shape index (κ2) is 9.40. The summed E-state index contributed by atoms with van der Waals surface area (Å²) in [4.78, 5) is 17.1. The largest absolute Gasteiger partial charge is 0.486 e. The summed E-state index contributed by atoms with van der Waals surface area (Å²) < 4.78 is 8.19. The molecule has 33 heavy (non-hydrogen) atoms. The Kier molecular flexibility index (Phi) is 6.57. The fourth-order valence-corrected chi connectivity index (χ4v) is 4.69. The number of nitrogens with one attached hydrogen (secondary N) is 1. The lowest BCUT2D eigenvalue weighted by Crippen LogP contribution is -2.24. The third-order valence-corrected chi connectivity index (χ3v) is 7.01. The second-order valence-electron chi connectivity index (χ2n) is 8.57. The number of ether oxygens (including phenoxy) is 1. The van der Waals surface area contributed by atoms with Crippen molar-refractivity contribution < 1.29 is 9.53 Å². The number of amides is 1. The van der Waals surface area contributed by atoms with Gasteiger partial charge in [0.05, 0.1) is 15.5 Å². The molecule has 2 heterocycles. The number of fused-ring (bicyclic) bond motifs is 1. The maximum absolute atomic E-state index is 12.6. The van der Waals surface area contributed by atoms with Gasteiger partial charge in [0.2, 0.25) is 11.1 Å². The highest BCUT2D eigenvalue weighted by Gasteiger charge is 2.21. The second-order valence-corrected chi connectivity index (χ2v) is 10.9. The van der Waals surface area contributed by atoms with Gasteiger partial charge in [-0.15, -0.1) is 10.2 Å². The minimum atomic E-state index is -0.442. The molecule has 1 atom stereocenters. The van der Waals surface area contributed by atoms with Crippen molar-refractivity contribution in [1.29, 1.82) is 0 Å². The van der Waals surface area contributed by atoms with Crippen LogP contribution >= 0.6 is 23.1 Å². The average Bonchev–Trinajstić information content (AvgIpc) is 3.34. The Labute approximate surface area is 200 Å². The molecule has 0 spiro atoms. The van der Waals surface area contributed by atoms with E-state index in [1.165, 1.54) is 33.3 Å². The Balaban J connectivity index is 1.34. The molecule has 2 aromatic carbocycles. The van der Waals surface area contributed by atoms with Crippen LogP contribution in [0.15, 0.2) is 53.7 Å². The van der Waals surface area contributed by atoms with E-state index in [0.29, 0.717) is 16.1 Å². The lowest BCUT2D eigenvalue weighted by atomic mass is 9.87. The van der Waals surface area contributed by atoms with E-state index in [1.54, 1.807) is 6.92 Å². The molecule has 2 aromatic heterocycles. The normalized spacial score (nSPS) is 12.6. The minimum Gasteiger partial charge on any atom is -0.486 e. The van der Waals surface area contributed by atoms with E-state index in [4.69, 9.17) is 10.6 Å². The zero-order valence-electron chi connectivity index (χ0n) is 18.9. The van der Waals surface area contributed by atoms with Crippen LogP contribution in [0.3, 0.4) is 0 Å². The molecule has 172 valence electrons. The van der Waals surface area contributed by atoms with Crippen LogP contribution in [0.1, 0.15) is 39.1 Å². The van der Waals surface area contributed by atoms with Gasteiger partial charge in [0.25, 0.3) is 0 Å². The number of thiazole rings is 1. The Morgan fingerprint density at radius 2 is 1.91 bits per heavy atom. The number of aromatic nitrogens is 4. The predicted molar refractivity (Wildman–Crippen MR) is 133 cm³/mol. The highest BCUT2D eigenvalue weighted by Crippen LogP contribution is 2.28. The molecule has 0 radical (unpaired) electrons. The van der Waals surface area contributed by atoms with Crippen molar-refractivity contribution in [3.8, 4) is 5.75 Å². The van der Waals surface area contributed by atoms with Crippen LogP contribution in [0.5, 0.6) is 5.75 Å². The zero-order chi connectivity index (χ0) is 23.6. The molecular weight excluding hydrogens is 456 g/mol. The van der Waals surface area contributed by atoms with Crippen LogP contribution < -0.4 is 15.9 Å². The van der Waals surface area contributed by atoms with Gasteiger partial charge in [-0.05, 0) is 42.2 Å². The average molecular weight is 483 g/mol. The van der Waals surface area contributed by atoms with Crippen LogP contribution in [0, 0.1) is 0 Å². The summed E-state index contributed by atoms with van der Waals surface area (Å²) in [6.07, 6.45) is 0. The summed E-state index contributed by atoms with van der Waals surface area (Å²) in [6.45, 7) is 8.46. The number of hydrogen-bond acceptors (Lipinski definition) is 8. The van der Waals surface area contributed by atoms with Gasteiger partial charge in [-0.25, -0.2) is 9.66 Å². The molecule has 0 fully saturated rings. The monoisotopic (exact) mass is 482 g/mol. The molecule has 4 aromatic rings. The molecule has 0 bridgehead atoms. The van der Waals surface area contributed by atoms with Crippen LogP contribution in [0.2, 0.25) is 0 Å². The molecule has 1 amide bonds. The molecule has 3 N–H and O–H groups in total. The van der Waals surface area contributed by atoms with Crippen molar-refractivity contribution in [1.82, 2.24) is 19.9 Å². The molecule has 10 heteroatoms. The molecule has 4 rings (SSSR count). The van der Waals surface area contributed by atoms with Crippen LogP contribution in [0.4, 0.5) is 5.13 Å². The number of anilines is 1. The number of carbonyl (C=O) groups excluding carboxylic acids is 1. The van der Waals surface area contributed by atoms with Gasteiger partial charge in [-0.1, -0.05) is 68.1 Å². The van der Waals surface area contributed by atoms with Gasteiger partial charge >= 0.3 is 0 Å². The third-order valence-electron chi connectivity index (χ3n) is 5.00. The SMILES string of the molecule is CC(Sc1nnc(COc2ccc(C(C)(C)C)cc2)n1N)C(=O)Nc1nc2ccccc2s1. The van der Waals surface area contributed by atoms with Crippen molar-refractivity contribution in [2.75, 3.05) is 11.2 Å². The van der Waals surface area contributed by atoms with E-state index in [-0.39, 0.29) is 17.9 Å². The first-order chi connectivity index (χ1) is 15.7. The number of carbonyl (C=O) groups is 1. The summed E-state index contributed by atoms with van der Waals surface area (Å²) in [7, 11) is 0. The fraction of sp³-hybridized carbons (Fsp3) is 0.304. The summed E-state index contributed by atoms with van der Waals surface area (Å²) >= 11 is 2.66. The Morgan fingerprint density at radius 3 is 2.61 bits per heavy atom. The standard InChI is InChI=1S/C23H26N6O2S2/c1-14(20(30)26-21-25-17-7-5-6-8-18(17)33-21)32-22-28-27-19(29(22)24)13-31-16-11-9-15(10-12-16)23(2,3)4/h5-12,14H,13,24H2,1-4H3,(H,25,26,30). The number of nitrogens with zero attached hydrogens (tertiary/aromatic N) is 4. The van der Waals surface area contributed by atoms with E-state index in [9.17, 15) is 4.79 Å². The van der Waals surface area contributed by atoms with E-state index in [1.807, 2.05) is 36.4 Å². The van der Waals surface area contributed by atoms with E-state index >= 15 is 0 Å². The molecule has 0 saturated carbocycles. The van der Waals surface area contributed by atoms with E-state index in [2.05, 4.69) is 53.4 Å². The molecule has 1 unspecified atom stereocenters. The molecular formula is C23H26N6O2S2. The topological polar surface area (TPSA) is 108 Å². The fourth-order valence-electron chi connectivity index (χ4n) is 3.03. The smallest absolute Gasteiger partial charge is 0.239 e. The van der Waals surface area contributed by atoms with Crippen molar-refractivity contribution in [3.63, 3.8) is 0 Å². The molecule has 8 nitrogen and oxygen atoms in total. The number of hydrogen-bond donors (Lipinski definition) is 2. The Morgan fingerprint density at radius 1 is 1.18 bits per heavy atom. The van der Waals surface area contributed by atoms with Gasteiger partial charge in [0.15, 0.2) is 11.0 Å². The quantitative estimate of drug-likeness (QED) is 0.293. The highest BCUT2D eigenvalue weighted by molar-refractivity contribution is 8.00. The first kappa shape index (κ1) is 23.1. The van der Waals surface area contributed by atoms with Crippen LogP contribution in [-0.4, -0.2) is 31.0 Å². The Hall–Kier alpha value is -3.11. The number of benzene rings is 2. The van der Waals surface area contributed by atoms with Crippen molar-refractivity contribution >= 4 is 44.4 Å². The van der Waals surface area contributed by atoms with Gasteiger partial charge in [0, 0.05) is 0 Å². The Bertz CT molecular complexity index is 1230. The summed E-state index contributed by atoms with van der Waals surface area (Å²) in [5.41, 5.74) is 2.17. The number of nitrogen functional groups attached to an aromatic ring is 1. The highest BCUT2D eigenvalue weighted by atomic mass is 32.2. The van der Waals surface area contributed by atoms with E-state index < -0.39 is 5.25 Å². The van der Waals surface area contributed by atoms with Crippen molar-refractivity contribution in [2.24, 2.45) is 0 Å². The minimum absolute atomic E-state index is 0.0815. The molecule has 0 aliphatic rings. The summed E-state index contributed by atoms with van der Waals surface area (Å²) in [6, 6.07) is 15.7.